The van der Waals surface area contributed by atoms with Crippen molar-refractivity contribution in [3.05, 3.63) is 34.9 Å². The molecule has 1 fully saturated rings. The molecule has 0 spiro atoms. The third-order valence-corrected chi connectivity index (χ3v) is 4.36. The summed E-state index contributed by atoms with van der Waals surface area (Å²) in [4.78, 5) is 26.1. The first-order valence-corrected chi connectivity index (χ1v) is 8.67. The number of rotatable bonds is 6. The van der Waals surface area contributed by atoms with Gasteiger partial charge in [0.1, 0.15) is 0 Å². The number of amides is 3. The summed E-state index contributed by atoms with van der Waals surface area (Å²) in [5, 5.41) is 9.01. The highest BCUT2D eigenvalue weighted by molar-refractivity contribution is 6.31. The molecule has 0 aromatic heterocycles. The molecule has 0 saturated carbocycles. The third-order valence-electron chi connectivity index (χ3n) is 4.01. The van der Waals surface area contributed by atoms with Gasteiger partial charge in [0.15, 0.2) is 0 Å². The van der Waals surface area contributed by atoms with E-state index < -0.39 is 6.03 Å². The molecule has 146 valence electrons. The van der Waals surface area contributed by atoms with E-state index in [1.165, 1.54) is 0 Å². The van der Waals surface area contributed by atoms with Crippen molar-refractivity contribution in [1.29, 1.82) is 0 Å². The molecule has 3 amide bonds. The van der Waals surface area contributed by atoms with E-state index in [1.54, 1.807) is 14.0 Å². The van der Waals surface area contributed by atoms with Gasteiger partial charge in [-0.2, -0.15) is 0 Å². The Labute approximate surface area is 165 Å². The predicted octanol–water partition coefficient (Wildman–Crippen LogP) is 1.57. The molecule has 2 rings (SSSR count). The zero-order valence-electron chi connectivity index (χ0n) is 15.0. The van der Waals surface area contributed by atoms with Crippen LogP contribution in [0.5, 0.6) is 0 Å². The minimum absolute atomic E-state index is 0. The van der Waals surface area contributed by atoms with Crippen molar-refractivity contribution >= 4 is 35.9 Å². The molecule has 2 unspecified atom stereocenters. The first kappa shape index (κ1) is 22.7. The van der Waals surface area contributed by atoms with Crippen molar-refractivity contribution in [2.24, 2.45) is 0 Å². The van der Waals surface area contributed by atoms with Gasteiger partial charge in [0.05, 0.1) is 19.2 Å². The van der Waals surface area contributed by atoms with Gasteiger partial charge < -0.3 is 15.4 Å². The normalized spacial score (nSPS) is 18.5. The minimum Gasteiger partial charge on any atom is -0.383 e. The summed E-state index contributed by atoms with van der Waals surface area (Å²) in [6.07, 6.45) is 0. The molecule has 0 bridgehead atoms. The van der Waals surface area contributed by atoms with E-state index in [-0.39, 0.29) is 36.9 Å². The van der Waals surface area contributed by atoms with Gasteiger partial charge in [0, 0.05) is 37.8 Å². The molecule has 1 saturated heterocycles. The summed E-state index contributed by atoms with van der Waals surface area (Å²) in [7, 11) is 1.56. The molecule has 9 heteroatoms. The highest BCUT2D eigenvalue weighted by Crippen LogP contribution is 2.28. The SMILES string of the molecule is COCC(C)NC(=O)NC(=O)CN1CCNCC1c1ccccc1Cl.Cl. The highest BCUT2D eigenvalue weighted by atomic mass is 35.5. The quantitative estimate of drug-likeness (QED) is 0.670. The molecule has 1 aromatic carbocycles. The molecule has 26 heavy (non-hydrogen) atoms. The largest absolute Gasteiger partial charge is 0.383 e. The molecular formula is C17H26Cl2N4O3. The molecule has 7 nitrogen and oxygen atoms in total. The molecule has 0 radical (unpaired) electrons. The fourth-order valence-electron chi connectivity index (χ4n) is 2.89. The first-order valence-electron chi connectivity index (χ1n) is 8.29. The van der Waals surface area contributed by atoms with Crippen LogP contribution in [-0.4, -0.2) is 62.8 Å². The first-order chi connectivity index (χ1) is 12.0. The van der Waals surface area contributed by atoms with Crippen molar-refractivity contribution < 1.29 is 14.3 Å². The molecule has 3 N–H and O–H groups in total. The average Bonchev–Trinajstić information content (AvgIpc) is 2.56. The number of nitrogens with zero attached hydrogens (tertiary/aromatic N) is 1. The number of urea groups is 1. The summed E-state index contributed by atoms with van der Waals surface area (Å²) in [5.41, 5.74) is 0.974. The van der Waals surface area contributed by atoms with Crippen molar-refractivity contribution in [3.63, 3.8) is 0 Å². The van der Waals surface area contributed by atoms with Gasteiger partial charge in [-0.3, -0.25) is 15.0 Å². The second kappa shape index (κ2) is 11.4. The van der Waals surface area contributed by atoms with E-state index in [1.807, 2.05) is 29.2 Å². The number of carbonyl (C=O) groups excluding carboxylic acids is 2. The van der Waals surface area contributed by atoms with Crippen molar-refractivity contribution in [3.8, 4) is 0 Å². The van der Waals surface area contributed by atoms with Gasteiger partial charge in [0.25, 0.3) is 0 Å². The van der Waals surface area contributed by atoms with E-state index in [0.717, 1.165) is 12.1 Å². The zero-order chi connectivity index (χ0) is 18.2. The van der Waals surface area contributed by atoms with Gasteiger partial charge in [-0.05, 0) is 18.6 Å². The van der Waals surface area contributed by atoms with Gasteiger partial charge >= 0.3 is 6.03 Å². The zero-order valence-corrected chi connectivity index (χ0v) is 16.5. The Morgan fingerprint density at radius 3 is 2.85 bits per heavy atom. The van der Waals surface area contributed by atoms with Crippen LogP contribution in [0.4, 0.5) is 4.79 Å². The van der Waals surface area contributed by atoms with Crippen LogP contribution in [0.25, 0.3) is 0 Å². The Hall–Kier alpha value is -1.38. The van der Waals surface area contributed by atoms with E-state index in [0.29, 0.717) is 24.7 Å². The van der Waals surface area contributed by atoms with E-state index >= 15 is 0 Å². The standard InChI is InChI=1S/C17H25ClN4O3.ClH/c1-12(11-25-2)20-17(24)21-16(23)10-22-8-7-19-9-15(22)13-5-3-4-6-14(13)18;/h3-6,12,15,19H,7-11H2,1-2H3,(H2,20,21,23,24);1H. The van der Waals surface area contributed by atoms with Gasteiger partial charge in [-0.25, -0.2) is 4.79 Å². The fraction of sp³-hybridized carbons (Fsp3) is 0.529. The average molecular weight is 405 g/mol. The van der Waals surface area contributed by atoms with Gasteiger partial charge in [0.2, 0.25) is 5.91 Å². The number of nitrogens with one attached hydrogen (secondary N) is 3. The summed E-state index contributed by atoms with van der Waals surface area (Å²) < 4.78 is 4.95. The van der Waals surface area contributed by atoms with Gasteiger partial charge in [-0.1, -0.05) is 29.8 Å². The maximum Gasteiger partial charge on any atom is 0.321 e. The van der Waals surface area contributed by atoms with Crippen molar-refractivity contribution in [1.82, 2.24) is 20.9 Å². The van der Waals surface area contributed by atoms with Gasteiger partial charge in [-0.15, -0.1) is 12.4 Å². The number of methoxy groups -OCH3 is 1. The number of carbonyl (C=O) groups is 2. The predicted molar refractivity (Wildman–Crippen MR) is 104 cm³/mol. The lowest BCUT2D eigenvalue weighted by Crippen LogP contribution is -2.52. The maximum atomic E-state index is 12.2. The second-order valence-corrected chi connectivity index (χ2v) is 6.50. The highest BCUT2D eigenvalue weighted by Gasteiger charge is 2.27. The molecule has 1 aromatic rings. The second-order valence-electron chi connectivity index (χ2n) is 6.09. The summed E-state index contributed by atoms with van der Waals surface area (Å²) in [5.74, 6) is -0.346. The topological polar surface area (TPSA) is 82.7 Å². The summed E-state index contributed by atoms with van der Waals surface area (Å²) >= 11 is 6.30. The Morgan fingerprint density at radius 2 is 2.15 bits per heavy atom. The molecule has 0 aliphatic carbocycles. The molecule has 1 aliphatic rings. The number of piperazine rings is 1. The number of hydrogen-bond acceptors (Lipinski definition) is 5. The number of benzene rings is 1. The van der Waals surface area contributed by atoms with Crippen molar-refractivity contribution in [2.75, 3.05) is 39.9 Å². The lowest BCUT2D eigenvalue weighted by molar-refractivity contribution is -0.122. The van der Waals surface area contributed by atoms with Crippen molar-refractivity contribution in [2.45, 2.75) is 19.0 Å². The number of halogens is 2. The molecule has 1 heterocycles. The van der Waals surface area contributed by atoms with Crippen LogP contribution in [0.1, 0.15) is 18.5 Å². The maximum absolute atomic E-state index is 12.2. The van der Waals surface area contributed by atoms with Crippen LogP contribution in [0.3, 0.4) is 0 Å². The van der Waals surface area contributed by atoms with Crippen LogP contribution in [0.2, 0.25) is 5.02 Å². The van der Waals surface area contributed by atoms with Crippen LogP contribution in [0, 0.1) is 0 Å². The summed E-state index contributed by atoms with van der Waals surface area (Å²) in [6, 6.07) is 6.91. The number of hydrogen-bond donors (Lipinski definition) is 3. The van der Waals surface area contributed by atoms with E-state index in [2.05, 4.69) is 16.0 Å². The Morgan fingerprint density at radius 1 is 1.42 bits per heavy atom. The van der Waals surface area contributed by atoms with Crippen LogP contribution >= 0.6 is 24.0 Å². The summed E-state index contributed by atoms with van der Waals surface area (Å²) in [6.45, 7) is 4.50. The number of ether oxygens (including phenoxy) is 1. The van der Waals surface area contributed by atoms with Crippen LogP contribution < -0.4 is 16.0 Å². The van der Waals surface area contributed by atoms with Crippen LogP contribution in [0.15, 0.2) is 24.3 Å². The Balaban J connectivity index is 0.00000338. The lowest BCUT2D eigenvalue weighted by atomic mass is 10.0. The molecular weight excluding hydrogens is 379 g/mol. The smallest absolute Gasteiger partial charge is 0.321 e. The lowest BCUT2D eigenvalue weighted by Gasteiger charge is -2.36. The number of imide groups is 1. The van der Waals surface area contributed by atoms with E-state index in [4.69, 9.17) is 16.3 Å². The van der Waals surface area contributed by atoms with E-state index in [9.17, 15) is 9.59 Å². The monoisotopic (exact) mass is 404 g/mol. The fourth-order valence-corrected chi connectivity index (χ4v) is 3.15. The Kier molecular flexibility index (Phi) is 9.90. The molecule has 1 aliphatic heterocycles. The minimum atomic E-state index is -0.515. The third kappa shape index (κ3) is 6.74. The Bertz CT molecular complexity index is 603. The molecule has 2 atom stereocenters. The van der Waals surface area contributed by atoms with Crippen LogP contribution in [-0.2, 0) is 9.53 Å².